The van der Waals surface area contributed by atoms with Crippen molar-refractivity contribution in [1.82, 2.24) is 0 Å². The van der Waals surface area contributed by atoms with Crippen LogP contribution in [0.3, 0.4) is 0 Å². The quantitative estimate of drug-likeness (QED) is 0.629. The lowest BCUT2D eigenvalue weighted by atomic mass is 10.0. The zero-order chi connectivity index (χ0) is 12.9. The number of halogens is 3. The predicted octanol–water partition coefficient (Wildman–Crippen LogP) is 5.33. The number of alkyl halides is 3. The molecule has 17 heavy (non-hydrogen) atoms. The van der Waals surface area contributed by atoms with Crippen LogP contribution < -0.4 is 0 Å². The van der Waals surface area contributed by atoms with Crippen molar-refractivity contribution in [3.8, 4) is 0 Å². The summed E-state index contributed by atoms with van der Waals surface area (Å²) in [5.41, 5.74) is 3.70. The summed E-state index contributed by atoms with van der Waals surface area (Å²) in [6.07, 6.45) is 4.05. The fourth-order valence-electron chi connectivity index (χ4n) is 1.98. The molecule has 0 bridgehead atoms. The van der Waals surface area contributed by atoms with Crippen molar-refractivity contribution in [2.75, 3.05) is 0 Å². The van der Waals surface area contributed by atoms with Gasteiger partial charge in [-0.05, 0) is 50.7 Å². The van der Waals surface area contributed by atoms with Crippen LogP contribution in [0, 0.1) is 0 Å². The summed E-state index contributed by atoms with van der Waals surface area (Å²) >= 11 is 0. The van der Waals surface area contributed by atoms with Crippen LogP contribution in [-0.4, -0.2) is 6.18 Å². The Kier molecular flexibility index (Phi) is 5.03. The average Bonchev–Trinajstić information content (AvgIpc) is 2.33. The summed E-state index contributed by atoms with van der Waals surface area (Å²) in [6, 6.07) is 0. The van der Waals surface area contributed by atoms with E-state index in [2.05, 4.69) is 13.0 Å². The Balaban J connectivity index is 2.55. The zero-order valence-electron chi connectivity index (χ0n) is 10.4. The van der Waals surface area contributed by atoms with Gasteiger partial charge in [-0.1, -0.05) is 23.8 Å². The summed E-state index contributed by atoms with van der Waals surface area (Å²) < 4.78 is 35.9. The maximum atomic E-state index is 12.0. The maximum absolute atomic E-state index is 12.0. The van der Waals surface area contributed by atoms with Crippen LogP contribution in [0.4, 0.5) is 13.2 Å². The van der Waals surface area contributed by atoms with E-state index in [9.17, 15) is 13.2 Å². The first-order valence-electron chi connectivity index (χ1n) is 5.99. The SMILES string of the molecule is CC1=CC(C)=C(/C=C\CCC(F)(F)F)CCC1. The molecule has 0 aromatic rings. The third-order valence-corrected chi connectivity index (χ3v) is 2.90. The lowest BCUT2D eigenvalue weighted by molar-refractivity contribution is -0.133. The van der Waals surface area contributed by atoms with Crippen LogP contribution in [0.25, 0.3) is 0 Å². The summed E-state index contributed by atoms with van der Waals surface area (Å²) in [5.74, 6) is 0. The Morgan fingerprint density at radius 1 is 1.24 bits per heavy atom. The summed E-state index contributed by atoms with van der Waals surface area (Å²) in [7, 11) is 0. The second kappa shape index (κ2) is 6.08. The summed E-state index contributed by atoms with van der Waals surface area (Å²) in [6.45, 7) is 4.12. The summed E-state index contributed by atoms with van der Waals surface area (Å²) in [4.78, 5) is 0. The van der Waals surface area contributed by atoms with Gasteiger partial charge in [-0.25, -0.2) is 0 Å². The molecule has 0 fully saturated rings. The highest BCUT2D eigenvalue weighted by Gasteiger charge is 2.25. The fraction of sp³-hybridized carbons (Fsp3) is 0.571. The molecule has 0 nitrogen and oxygen atoms in total. The van der Waals surface area contributed by atoms with E-state index in [-0.39, 0.29) is 6.42 Å². The molecule has 3 heteroatoms. The normalized spacial score (nSPS) is 18.5. The van der Waals surface area contributed by atoms with E-state index in [0.717, 1.165) is 19.3 Å². The van der Waals surface area contributed by atoms with Gasteiger partial charge in [0.1, 0.15) is 0 Å². The van der Waals surface area contributed by atoms with Gasteiger partial charge in [-0.15, -0.1) is 0 Å². The molecule has 0 heterocycles. The number of hydrogen-bond donors (Lipinski definition) is 0. The molecule has 0 saturated heterocycles. The molecule has 0 radical (unpaired) electrons. The topological polar surface area (TPSA) is 0 Å². The molecule has 1 aliphatic carbocycles. The van der Waals surface area contributed by atoms with E-state index in [1.165, 1.54) is 16.7 Å². The van der Waals surface area contributed by atoms with Gasteiger partial charge in [0.05, 0.1) is 0 Å². The average molecular weight is 244 g/mol. The Bertz CT molecular complexity index is 343. The van der Waals surface area contributed by atoms with Gasteiger partial charge >= 0.3 is 6.18 Å². The molecule has 0 spiro atoms. The van der Waals surface area contributed by atoms with E-state index in [1.807, 2.05) is 13.0 Å². The highest BCUT2D eigenvalue weighted by molar-refractivity contribution is 5.35. The molecule has 0 aromatic heterocycles. The van der Waals surface area contributed by atoms with E-state index < -0.39 is 12.6 Å². The molecular formula is C14H19F3. The van der Waals surface area contributed by atoms with Crippen LogP contribution in [0.2, 0.25) is 0 Å². The van der Waals surface area contributed by atoms with Gasteiger partial charge in [0.15, 0.2) is 0 Å². The highest BCUT2D eigenvalue weighted by Crippen LogP contribution is 2.25. The summed E-state index contributed by atoms with van der Waals surface area (Å²) in [5, 5.41) is 0. The first kappa shape index (κ1) is 14.1. The zero-order valence-corrected chi connectivity index (χ0v) is 10.4. The van der Waals surface area contributed by atoms with Crippen molar-refractivity contribution in [1.29, 1.82) is 0 Å². The molecule has 0 aromatic carbocycles. The van der Waals surface area contributed by atoms with E-state index >= 15 is 0 Å². The van der Waals surface area contributed by atoms with E-state index in [0.29, 0.717) is 0 Å². The van der Waals surface area contributed by atoms with Crippen molar-refractivity contribution in [2.24, 2.45) is 0 Å². The van der Waals surface area contributed by atoms with Crippen molar-refractivity contribution < 1.29 is 13.2 Å². The molecule has 0 aliphatic heterocycles. The molecule has 1 rings (SSSR count). The van der Waals surface area contributed by atoms with Gasteiger partial charge in [0.25, 0.3) is 0 Å². The first-order chi connectivity index (χ1) is 7.88. The van der Waals surface area contributed by atoms with Gasteiger partial charge in [-0.3, -0.25) is 0 Å². The molecule has 1 aliphatic rings. The van der Waals surface area contributed by atoms with Gasteiger partial charge in [-0.2, -0.15) is 13.2 Å². The van der Waals surface area contributed by atoms with E-state index in [4.69, 9.17) is 0 Å². The van der Waals surface area contributed by atoms with Gasteiger partial charge < -0.3 is 0 Å². The Morgan fingerprint density at radius 3 is 2.59 bits per heavy atom. The fourth-order valence-corrected chi connectivity index (χ4v) is 1.98. The smallest absolute Gasteiger partial charge is 0.171 e. The van der Waals surface area contributed by atoms with Crippen LogP contribution >= 0.6 is 0 Å². The van der Waals surface area contributed by atoms with Gasteiger partial charge in [0, 0.05) is 6.42 Å². The van der Waals surface area contributed by atoms with Crippen LogP contribution in [0.15, 0.2) is 34.9 Å². The Morgan fingerprint density at radius 2 is 1.94 bits per heavy atom. The largest absolute Gasteiger partial charge is 0.389 e. The molecule has 0 atom stereocenters. The second-order valence-electron chi connectivity index (χ2n) is 4.61. The third kappa shape index (κ3) is 5.76. The van der Waals surface area contributed by atoms with Crippen molar-refractivity contribution in [3.63, 3.8) is 0 Å². The maximum Gasteiger partial charge on any atom is 0.389 e. The monoisotopic (exact) mass is 244 g/mol. The number of hydrogen-bond acceptors (Lipinski definition) is 0. The minimum atomic E-state index is -4.05. The Labute approximate surface area is 101 Å². The van der Waals surface area contributed by atoms with Crippen LogP contribution in [0.5, 0.6) is 0 Å². The highest BCUT2D eigenvalue weighted by atomic mass is 19.4. The van der Waals surface area contributed by atoms with Crippen molar-refractivity contribution in [3.05, 3.63) is 34.9 Å². The van der Waals surface area contributed by atoms with Crippen molar-refractivity contribution >= 4 is 0 Å². The van der Waals surface area contributed by atoms with E-state index in [1.54, 1.807) is 6.08 Å². The number of allylic oxidation sites excluding steroid dienone is 6. The molecule has 0 N–H and O–H groups in total. The minimum Gasteiger partial charge on any atom is -0.171 e. The second-order valence-corrected chi connectivity index (χ2v) is 4.61. The lowest BCUT2D eigenvalue weighted by Gasteiger charge is -2.04. The standard InChI is InChI=1S/C14H19F3/c1-11-6-5-8-13(12(2)10-11)7-3-4-9-14(15,16)17/h3,7,10H,4-6,8-9H2,1-2H3/b7-3-. The molecule has 0 amide bonds. The molecule has 96 valence electrons. The Hall–Kier alpha value is -0.990. The molecule has 0 unspecified atom stereocenters. The van der Waals surface area contributed by atoms with Crippen LogP contribution in [-0.2, 0) is 0 Å². The third-order valence-electron chi connectivity index (χ3n) is 2.90. The minimum absolute atomic E-state index is 0.0724. The predicted molar refractivity (Wildman–Crippen MR) is 64.7 cm³/mol. The first-order valence-corrected chi connectivity index (χ1v) is 5.99. The molecular weight excluding hydrogens is 225 g/mol. The van der Waals surface area contributed by atoms with Crippen LogP contribution in [0.1, 0.15) is 46.0 Å². The number of rotatable bonds is 3. The molecule has 0 saturated carbocycles. The van der Waals surface area contributed by atoms with Gasteiger partial charge in [0.2, 0.25) is 0 Å². The van der Waals surface area contributed by atoms with Crippen molar-refractivity contribution in [2.45, 2.75) is 52.1 Å². The lowest BCUT2D eigenvalue weighted by Crippen LogP contribution is -2.05.